The Kier molecular flexibility index (Phi) is 5.05. The maximum absolute atomic E-state index is 14.0. The fraction of sp³-hybridized carbons (Fsp3) is 0.500. The summed E-state index contributed by atoms with van der Waals surface area (Å²) in [5.74, 6) is -0.856. The third-order valence-corrected chi connectivity index (χ3v) is 5.95. The third-order valence-electron chi connectivity index (χ3n) is 5.20. The molecule has 0 radical (unpaired) electrons. The molecule has 2 aliphatic heterocycles. The van der Waals surface area contributed by atoms with Gasteiger partial charge in [0.25, 0.3) is 5.91 Å². The molecule has 4 rings (SSSR count). The third kappa shape index (κ3) is 3.53. The second-order valence-electron chi connectivity index (χ2n) is 7.15. The van der Waals surface area contributed by atoms with Crippen LogP contribution in [0, 0.1) is 5.82 Å². The molecule has 146 valence electrons. The number of rotatable bonds is 4. The second-order valence-corrected chi connectivity index (χ2v) is 7.91. The number of carbonyl (C=O) groups excluding carboxylic acids is 1. The number of H-pyrrole nitrogens is 1. The standard InChI is InChI=1S/C18H19Cl2F2N3O2/c19-14-11(21)1-2-12-13(14)15(20)16(24-12)17(26)25-5-3-10(4-6-25)27-9-18(22)7-23-8-18/h1-2,10,23-24H,3-9H2. The summed E-state index contributed by atoms with van der Waals surface area (Å²) in [7, 11) is 0. The van der Waals surface area contributed by atoms with E-state index in [9.17, 15) is 13.6 Å². The van der Waals surface area contributed by atoms with E-state index in [1.807, 2.05) is 0 Å². The first-order valence-corrected chi connectivity index (χ1v) is 9.59. The summed E-state index contributed by atoms with van der Waals surface area (Å²) < 4.78 is 33.3. The number of amides is 1. The molecule has 1 amide bonds. The molecule has 2 saturated heterocycles. The molecule has 2 aromatic rings. The van der Waals surface area contributed by atoms with E-state index in [0.29, 0.717) is 49.9 Å². The molecule has 0 bridgehead atoms. The number of likely N-dealkylation sites (tertiary alicyclic amines) is 1. The van der Waals surface area contributed by atoms with E-state index in [0.717, 1.165) is 0 Å². The van der Waals surface area contributed by atoms with Gasteiger partial charge in [-0.05, 0) is 25.0 Å². The van der Waals surface area contributed by atoms with Gasteiger partial charge in [-0.3, -0.25) is 4.79 Å². The maximum Gasteiger partial charge on any atom is 0.271 e. The van der Waals surface area contributed by atoms with Crippen LogP contribution in [0.3, 0.4) is 0 Å². The molecule has 0 aliphatic carbocycles. The Balaban J connectivity index is 1.41. The number of nitrogens with zero attached hydrogens (tertiary/aromatic N) is 1. The molecule has 0 unspecified atom stereocenters. The molecule has 2 N–H and O–H groups in total. The number of fused-ring (bicyclic) bond motifs is 1. The van der Waals surface area contributed by atoms with Gasteiger partial charge in [0.2, 0.25) is 0 Å². The van der Waals surface area contributed by atoms with E-state index in [4.69, 9.17) is 27.9 Å². The molecule has 9 heteroatoms. The van der Waals surface area contributed by atoms with Gasteiger partial charge in [0.05, 0.1) is 22.8 Å². The van der Waals surface area contributed by atoms with Crippen LogP contribution in [0.2, 0.25) is 10.0 Å². The zero-order valence-electron chi connectivity index (χ0n) is 14.5. The average Bonchev–Trinajstić information content (AvgIpc) is 2.98. The summed E-state index contributed by atoms with van der Waals surface area (Å²) in [4.78, 5) is 17.4. The molecule has 2 aliphatic rings. The van der Waals surface area contributed by atoms with Crippen molar-refractivity contribution in [3.63, 3.8) is 0 Å². The minimum atomic E-state index is -1.26. The fourth-order valence-electron chi connectivity index (χ4n) is 3.48. The predicted molar refractivity (Wildman–Crippen MR) is 99.9 cm³/mol. The van der Waals surface area contributed by atoms with Crippen LogP contribution in [0.25, 0.3) is 10.9 Å². The first kappa shape index (κ1) is 18.9. The summed E-state index contributed by atoms with van der Waals surface area (Å²) >= 11 is 12.3. The number of halogens is 4. The Morgan fingerprint density at radius 1 is 1.26 bits per heavy atom. The molecule has 3 heterocycles. The van der Waals surface area contributed by atoms with Crippen molar-refractivity contribution in [3.05, 3.63) is 33.7 Å². The lowest BCUT2D eigenvalue weighted by atomic mass is 10.0. The van der Waals surface area contributed by atoms with Gasteiger partial charge in [-0.2, -0.15) is 0 Å². The van der Waals surface area contributed by atoms with E-state index in [2.05, 4.69) is 10.3 Å². The van der Waals surface area contributed by atoms with Crippen LogP contribution in [0.15, 0.2) is 12.1 Å². The van der Waals surface area contributed by atoms with Crippen LogP contribution >= 0.6 is 23.2 Å². The zero-order chi connectivity index (χ0) is 19.2. The van der Waals surface area contributed by atoms with Crippen molar-refractivity contribution >= 4 is 40.0 Å². The Labute approximate surface area is 164 Å². The molecule has 0 atom stereocenters. The smallest absolute Gasteiger partial charge is 0.271 e. The highest BCUT2D eigenvalue weighted by Crippen LogP contribution is 2.35. The quantitative estimate of drug-likeness (QED) is 0.799. The molecule has 0 saturated carbocycles. The van der Waals surface area contributed by atoms with Gasteiger partial charge in [-0.25, -0.2) is 8.78 Å². The van der Waals surface area contributed by atoms with Crippen molar-refractivity contribution in [3.8, 4) is 0 Å². The number of benzene rings is 1. The van der Waals surface area contributed by atoms with Gasteiger partial charge in [-0.1, -0.05) is 23.2 Å². The molecule has 27 heavy (non-hydrogen) atoms. The lowest BCUT2D eigenvalue weighted by molar-refractivity contribution is -0.0653. The van der Waals surface area contributed by atoms with Crippen LogP contribution in [0.1, 0.15) is 23.3 Å². The molecule has 1 aromatic heterocycles. The zero-order valence-corrected chi connectivity index (χ0v) is 16.0. The number of hydrogen-bond acceptors (Lipinski definition) is 3. The summed E-state index contributed by atoms with van der Waals surface area (Å²) in [5.41, 5.74) is -0.559. The SMILES string of the molecule is O=C(c1[nH]c2ccc(F)c(Cl)c2c1Cl)N1CCC(OCC2(F)CNC2)CC1. The van der Waals surface area contributed by atoms with E-state index in [-0.39, 0.29) is 34.4 Å². The summed E-state index contributed by atoms with van der Waals surface area (Å²) in [5, 5.41) is 3.22. The first-order valence-electron chi connectivity index (χ1n) is 8.84. The van der Waals surface area contributed by atoms with E-state index < -0.39 is 11.5 Å². The van der Waals surface area contributed by atoms with Crippen LogP contribution in [-0.2, 0) is 4.74 Å². The van der Waals surface area contributed by atoms with Gasteiger partial charge < -0.3 is 19.9 Å². The van der Waals surface area contributed by atoms with Gasteiger partial charge in [0.1, 0.15) is 11.5 Å². The number of ether oxygens (including phenoxy) is 1. The number of carbonyl (C=O) groups is 1. The van der Waals surface area contributed by atoms with E-state index in [1.165, 1.54) is 12.1 Å². The molecular weight excluding hydrogens is 399 g/mol. The normalized spacial score (nSPS) is 20.1. The molecular formula is C18H19Cl2F2N3O2. The lowest BCUT2D eigenvalue weighted by Crippen LogP contribution is -2.59. The van der Waals surface area contributed by atoms with Crippen molar-refractivity contribution in [2.75, 3.05) is 32.8 Å². The van der Waals surface area contributed by atoms with Gasteiger partial charge in [-0.15, -0.1) is 0 Å². The number of piperidine rings is 1. The Hall–Kier alpha value is -1.41. The minimum Gasteiger partial charge on any atom is -0.375 e. The number of hydrogen-bond donors (Lipinski definition) is 2. The highest BCUT2D eigenvalue weighted by Gasteiger charge is 2.38. The summed E-state index contributed by atoms with van der Waals surface area (Å²) in [6.45, 7) is 1.69. The first-order chi connectivity index (χ1) is 12.9. The molecule has 1 aromatic carbocycles. The Bertz CT molecular complexity index is 877. The topological polar surface area (TPSA) is 57.4 Å². The van der Waals surface area contributed by atoms with Gasteiger partial charge in [0.15, 0.2) is 5.67 Å². The maximum atomic E-state index is 14.0. The van der Waals surface area contributed by atoms with Gasteiger partial charge >= 0.3 is 0 Å². The fourth-order valence-corrected chi connectivity index (χ4v) is 4.11. The number of alkyl halides is 1. The molecule has 5 nitrogen and oxygen atoms in total. The summed E-state index contributed by atoms with van der Waals surface area (Å²) in [6, 6.07) is 2.73. The van der Waals surface area contributed by atoms with Crippen molar-refractivity contribution in [1.82, 2.24) is 15.2 Å². The van der Waals surface area contributed by atoms with E-state index >= 15 is 0 Å². The second kappa shape index (κ2) is 7.20. The Morgan fingerprint density at radius 3 is 2.59 bits per heavy atom. The van der Waals surface area contributed by atoms with Crippen LogP contribution < -0.4 is 5.32 Å². The average molecular weight is 418 g/mol. The van der Waals surface area contributed by atoms with Crippen molar-refractivity contribution < 1.29 is 18.3 Å². The largest absolute Gasteiger partial charge is 0.375 e. The minimum absolute atomic E-state index is 0.0657. The van der Waals surface area contributed by atoms with Crippen LogP contribution in [-0.4, -0.2) is 60.3 Å². The van der Waals surface area contributed by atoms with Crippen molar-refractivity contribution in [1.29, 1.82) is 0 Å². The predicted octanol–water partition coefficient (Wildman–Crippen LogP) is 3.55. The number of aromatic nitrogens is 1. The lowest BCUT2D eigenvalue weighted by Gasteiger charge is -2.37. The Morgan fingerprint density at radius 2 is 1.96 bits per heavy atom. The molecule has 0 spiro atoms. The van der Waals surface area contributed by atoms with E-state index in [1.54, 1.807) is 4.90 Å². The summed E-state index contributed by atoms with van der Waals surface area (Å²) in [6.07, 6.45) is 1.19. The van der Waals surface area contributed by atoms with Crippen molar-refractivity contribution in [2.24, 2.45) is 0 Å². The van der Waals surface area contributed by atoms with Crippen LogP contribution in [0.4, 0.5) is 8.78 Å². The monoisotopic (exact) mass is 417 g/mol. The number of aromatic amines is 1. The van der Waals surface area contributed by atoms with Crippen LogP contribution in [0.5, 0.6) is 0 Å². The molecule has 2 fully saturated rings. The van der Waals surface area contributed by atoms with Gasteiger partial charge in [0, 0.05) is 37.1 Å². The number of nitrogens with one attached hydrogen (secondary N) is 2. The highest BCUT2D eigenvalue weighted by atomic mass is 35.5. The van der Waals surface area contributed by atoms with Crippen molar-refractivity contribution in [2.45, 2.75) is 24.6 Å². The highest BCUT2D eigenvalue weighted by molar-refractivity contribution is 6.44.